The molecule has 0 radical (unpaired) electrons. The zero-order chi connectivity index (χ0) is 11.7. The van der Waals surface area contributed by atoms with Crippen LogP contribution in [-0.4, -0.2) is 18.3 Å². The second-order valence-electron chi connectivity index (χ2n) is 4.13. The van der Waals surface area contributed by atoms with Crippen LogP contribution >= 0.6 is 12.6 Å². The van der Waals surface area contributed by atoms with Crippen LogP contribution in [0.4, 0.5) is 0 Å². The van der Waals surface area contributed by atoms with E-state index in [2.05, 4.69) is 33.4 Å². The lowest BCUT2D eigenvalue weighted by Crippen LogP contribution is -2.27. The van der Waals surface area contributed by atoms with Gasteiger partial charge in [-0.05, 0) is 19.3 Å². The van der Waals surface area contributed by atoms with E-state index in [4.69, 9.17) is 4.74 Å². The van der Waals surface area contributed by atoms with Gasteiger partial charge in [0, 0.05) is 5.41 Å². The Kier molecular flexibility index (Phi) is 7.93. The van der Waals surface area contributed by atoms with E-state index in [1.165, 1.54) is 12.8 Å². The lowest BCUT2D eigenvalue weighted by atomic mass is 9.78. The molecule has 0 spiro atoms. The molecule has 0 aliphatic heterocycles. The van der Waals surface area contributed by atoms with Crippen LogP contribution in [0, 0.1) is 5.41 Å². The van der Waals surface area contributed by atoms with E-state index >= 15 is 0 Å². The second-order valence-corrected chi connectivity index (χ2v) is 4.45. The van der Waals surface area contributed by atoms with Gasteiger partial charge in [0.05, 0.1) is 12.4 Å². The first kappa shape index (κ1) is 14.8. The minimum atomic E-state index is -0.207. The molecule has 0 aliphatic rings. The first-order valence-corrected chi connectivity index (χ1v) is 6.53. The van der Waals surface area contributed by atoms with Gasteiger partial charge < -0.3 is 4.74 Å². The van der Waals surface area contributed by atoms with E-state index in [0.29, 0.717) is 6.61 Å². The van der Waals surface area contributed by atoms with Gasteiger partial charge in [-0.25, -0.2) is 0 Å². The molecule has 0 aromatic heterocycles. The Morgan fingerprint density at radius 1 is 1.27 bits per heavy atom. The molecule has 3 heteroatoms. The smallest absolute Gasteiger partial charge is 0.315 e. The van der Waals surface area contributed by atoms with Crippen molar-refractivity contribution in [2.45, 2.75) is 52.9 Å². The Labute approximate surface area is 99.2 Å². The van der Waals surface area contributed by atoms with Crippen LogP contribution in [0.15, 0.2) is 0 Å². The van der Waals surface area contributed by atoms with Gasteiger partial charge in [-0.1, -0.05) is 33.6 Å². The summed E-state index contributed by atoms with van der Waals surface area (Å²) in [6.45, 7) is 7.09. The maximum absolute atomic E-state index is 11.1. The second kappa shape index (κ2) is 8.03. The summed E-state index contributed by atoms with van der Waals surface area (Å²) in [6, 6.07) is 0. The molecule has 0 aromatic carbocycles. The van der Waals surface area contributed by atoms with E-state index in [-0.39, 0.29) is 17.1 Å². The monoisotopic (exact) mass is 232 g/mol. The van der Waals surface area contributed by atoms with E-state index < -0.39 is 0 Å². The molecule has 0 amide bonds. The zero-order valence-electron chi connectivity index (χ0n) is 10.2. The summed E-state index contributed by atoms with van der Waals surface area (Å²) in [7, 11) is 0. The highest BCUT2D eigenvalue weighted by atomic mass is 32.1. The average Bonchev–Trinajstić information content (AvgIpc) is 2.30. The molecule has 0 bridgehead atoms. The largest absolute Gasteiger partial charge is 0.464 e. The lowest BCUT2D eigenvalue weighted by molar-refractivity contribution is -0.144. The van der Waals surface area contributed by atoms with Gasteiger partial charge in [-0.2, -0.15) is 12.6 Å². The predicted molar refractivity (Wildman–Crippen MR) is 67.4 cm³/mol. The molecule has 0 saturated heterocycles. The van der Waals surface area contributed by atoms with Crippen molar-refractivity contribution in [2.75, 3.05) is 12.4 Å². The van der Waals surface area contributed by atoms with Gasteiger partial charge >= 0.3 is 5.97 Å². The fourth-order valence-electron chi connectivity index (χ4n) is 1.71. The first-order valence-electron chi connectivity index (χ1n) is 5.90. The molecule has 0 rings (SSSR count). The minimum absolute atomic E-state index is 0.178. The summed E-state index contributed by atoms with van der Waals surface area (Å²) in [6.07, 6.45) is 5.70. The third-order valence-electron chi connectivity index (χ3n) is 3.23. The molecule has 0 fully saturated rings. The summed E-state index contributed by atoms with van der Waals surface area (Å²) in [5.74, 6) is -0.0294. The Morgan fingerprint density at radius 2 is 1.87 bits per heavy atom. The standard InChI is InChI=1S/C12H24O2S/c1-4-7-8-12(5-2,6-3)10-14-11(13)9-15/h15H,4-10H2,1-3H3. The summed E-state index contributed by atoms with van der Waals surface area (Å²) in [5.41, 5.74) is 0.189. The molecular weight excluding hydrogens is 208 g/mol. The minimum Gasteiger partial charge on any atom is -0.464 e. The van der Waals surface area contributed by atoms with Gasteiger partial charge in [0.15, 0.2) is 0 Å². The molecule has 0 atom stereocenters. The van der Waals surface area contributed by atoms with E-state index in [0.717, 1.165) is 19.3 Å². The van der Waals surface area contributed by atoms with Crippen LogP contribution in [0.3, 0.4) is 0 Å². The van der Waals surface area contributed by atoms with Crippen molar-refractivity contribution >= 4 is 18.6 Å². The number of hydrogen-bond donors (Lipinski definition) is 1. The third-order valence-corrected chi connectivity index (χ3v) is 3.49. The van der Waals surface area contributed by atoms with Gasteiger partial charge in [-0.15, -0.1) is 0 Å². The van der Waals surface area contributed by atoms with Gasteiger partial charge in [0.2, 0.25) is 0 Å². The molecule has 15 heavy (non-hydrogen) atoms. The maximum atomic E-state index is 11.1. The number of carbonyl (C=O) groups is 1. The highest BCUT2D eigenvalue weighted by Crippen LogP contribution is 2.32. The van der Waals surface area contributed by atoms with Crippen molar-refractivity contribution in [3.63, 3.8) is 0 Å². The van der Waals surface area contributed by atoms with Crippen molar-refractivity contribution in [1.82, 2.24) is 0 Å². The molecule has 90 valence electrons. The number of esters is 1. The molecule has 2 nitrogen and oxygen atoms in total. The highest BCUT2D eigenvalue weighted by molar-refractivity contribution is 7.81. The molecule has 0 N–H and O–H groups in total. The Morgan fingerprint density at radius 3 is 2.27 bits per heavy atom. The van der Waals surface area contributed by atoms with Gasteiger partial charge in [0.25, 0.3) is 0 Å². The van der Waals surface area contributed by atoms with Crippen molar-refractivity contribution in [3.8, 4) is 0 Å². The Bertz CT molecular complexity index is 176. The van der Waals surface area contributed by atoms with Crippen LogP contribution < -0.4 is 0 Å². The van der Waals surface area contributed by atoms with Gasteiger partial charge in [0.1, 0.15) is 0 Å². The van der Waals surface area contributed by atoms with Crippen molar-refractivity contribution in [1.29, 1.82) is 0 Å². The molecule has 0 unspecified atom stereocenters. The molecule has 0 aromatic rings. The summed E-state index contributed by atoms with van der Waals surface area (Å²) < 4.78 is 5.22. The summed E-state index contributed by atoms with van der Waals surface area (Å²) in [4.78, 5) is 11.1. The number of hydrogen-bond acceptors (Lipinski definition) is 3. The van der Waals surface area contributed by atoms with Crippen LogP contribution in [0.2, 0.25) is 0 Å². The topological polar surface area (TPSA) is 26.3 Å². The normalized spacial score (nSPS) is 11.5. The lowest BCUT2D eigenvalue weighted by Gasteiger charge is -2.31. The van der Waals surface area contributed by atoms with Crippen LogP contribution in [0.1, 0.15) is 52.9 Å². The molecule has 0 heterocycles. The fraction of sp³-hybridized carbons (Fsp3) is 0.917. The van der Waals surface area contributed by atoms with E-state index in [1.807, 2.05) is 0 Å². The number of thiol groups is 1. The van der Waals surface area contributed by atoms with Crippen molar-refractivity contribution in [3.05, 3.63) is 0 Å². The number of rotatable bonds is 8. The van der Waals surface area contributed by atoms with Gasteiger partial charge in [-0.3, -0.25) is 4.79 Å². The van der Waals surface area contributed by atoms with Crippen LogP contribution in [0.25, 0.3) is 0 Å². The SMILES string of the molecule is CCCCC(CC)(CC)COC(=O)CS. The summed E-state index contributed by atoms with van der Waals surface area (Å²) >= 11 is 3.90. The highest BCUT2D eigenvalue weighted by Gasteiger charge is 2.27. The van der Waals surface area contributed by atoms with Crippen molar-refractivity contribution in [2.24, 2.45) is 5.41 Å². The van der Waals surface area contributed by atoms with E-state index in [1.54, 1.807) is 0 Å². The molecule has 0 saturated carbocycles. The number of carbonyl (C=O) groups excluding carboxylic acids is 1. The third kappa shape index (κ3) is 5.45. The zero-order valence-corrected chi connectivity index (χ0v) is 11.1. The molecule has 0 aliphatic carbocycles. The number of unbranched alkanes of at least 4 members (excludes halogenated alkanes) is 1. The van der Waals surface area contributed by atoms with E-state index in [9.17, 15) is 4.79 Å². The summed E-state index contributed by atoms with van der Waals surface area (Å²) in [5, 5.41) is 0. The molecular formula is C12H24O2S. The van der Waals surface area contributed by atoms with Crippen LogP contribution in [-0.2, 0) is 9.53 Å². The number of ether oxygens (including phenoxy) is 1. The fourth-order valence-corrected chi connectivity index (χ4v) is 1.80. The Hall–Kier alpha value is -0.180. The Balaban J connectivity index is 4.16. The maximum Gasteiger partial charge on any atom is 0.315 e. The quantitative estimate of drug-likeness (QED) is 0.512. The predicted octanol–water partition coefficient (Wildman–Crippen LogP) is 3.46. The first-order chi connectivity index (χ1) is 7.14. The van der Waals surface area contributed by atoms with Crippen molar-refractivity contribution < 1.29 is 9.53 Å². The van der Waals surface area contributed by atoms with Crippen LogP contribution in [0.5, 0.6) is 0 Å². The average molecular weight is 232 g/mol.